The predicted molar refractivity (Wildman–Crippen MR) is 107 cm³/mol. The molecule has 0 aromatic heterocycles. The Labute approximate surface area is 157 Å². The number of hydrogen-bond donors (Lipinski definition) is 1. The molecule has 0 fully saturated rings. The molecule has 0 radical (unpaired) electrons. The molecule has 23 heavy (non-hydrogen) atoms. The predicted octanol–water partition coefficient (Wildman–Crippen LogP) is 3.14. The van der Waals surface area contributed by atoms with Gasteiger partial charge < -0.3 is 19.7 Å². The fraction of sp³-hybridized carbons (Fsp3) is 0.588. The number of rotatable bonds is 9. The monoisotopic (exact) mass is 435 g/mol. The minimum atomic E-state index is 0. The number of nitrogens with zero attached hydrogens (tertiary/aromatic N) is 2. The lowest BCUT2D eigenvalue weighted by molar-refractivity contribution is 0.197. The maximum atomic E-state index is 5.47. The van der Waals surface area contributed by atoms with E-state index in [1.54, 1.807) is 7.11 Å². The number of guanidine groups is 1. The van der Waals surface area contributed by atoms with E-state index in [1.165, 1.54) is 5.56 Å². The van der Waals surface area contributed by atoms with Crippen molar-refractivity contribution in [3.8, 4) is 5.75 Å². The molecule has 6 heteroatoms. The molecule has 1 rings (SSSR count). The van der Waals surface area contributed by atoms with Crippen LogP contribution < -0.4 is 10.1 Å². The van der Waals surface area contributed by atoms with E-state index >= 15 is 0 Å². The summed E-state index contributed by atoms with van der Waals surface area (Å²) in [6.07, 6.45) is 0.933. The summed E-state index contributed by atoms with van der Waals surface area (Å²) in [5, 5.41) is 3.32. The minimum Gasteiger partial charge on any atom is -0.494 e. The Hall–Kier alpha value is -1.02. The first kappa shape index (κ1) is 22.0. The van der Waals surface area contributed by atoms with Crippen molar-refractivity contribution in [1.82, 2.24) is 10.2 Å². The Balaban J connectivity index is 0.00000484. The molecule has 0 aliphatic rings. The van der Waals surface area contributed by atoms with E-state index in [1.807, 2.05) is 26.1 Å². The minimum absolute atomic E-state index is 0. The van der Waals surface area contributed by atoms with Crippen molar-refractivity contribution in [2.75, 3.05) is 40.5 Å². The van der Waals surface area contributed by atoms with E-state index in [2.05, 4.69) is 34.3 Å². The van der Waals surface area contributed by atoms with Crippen LogP contribution in [0.4, 0.5) is 0 Å². The summed E-state index contributed by atoms with van der Waals surface area (Å²) >= 11 is 0. The molecule has 0 saturated heterocycles. The quantitative estimate of drug-likeness (QED) is 0.280. The van der Waals surface area contributed by atoms with Gasteiger partial charge in [-0.2, -0.15) is 0 Å². The van der Waals surface area contributed by atoms with E-state index in [0.717, 1.165) is 44.4 Å². The van der Waals surface area contributed by atoms with E-state index in [0.29, 0.717) is 6.61 Å². The standard InChI is InChI=1S/C17H29N3O2.HI/c1-5-18-17(19-12-7-13-21-4)20(3)14-15-8-10-16(11-9-15)22-6-2;/h8-11H,5-7,12-14H2,1-4H3,(H,18,19);1H. The first-order valence-electron chi connectivity index (χ1n) is 7.91. The van der Waals surface area contributed by atoms with E-state index in [-0.39, 0.29) is 24.0 Å². The van der Waals surface area contributed by atoms with Crippen LogP contribution in [-0.4, -0.2) is 51.3 Å². The third-order valence-electron chi connectivity index (χ3n) is 3.12. The van der Waals surface area contributed by atoms with Gasteiger partial charge in [0.25, 0.3) is 0 Å². The average molecular weight is 435 g/mol. The van der Waals surface area contributed by atoms with Crippen LogP contribution in [0, 0.1) is 0 Å². The smallest absolute Gasteiger partial charge is 0.193 e. The van der Waals surface area contributed by atoms with Crippen molar-refractivity contribution < 1.29 is 9.47 Å². The van der Waals surface area contributed by atoms with Crippen LogP contribution in [-0.2, 0) is 11.3 Å². The van der Waals surface area contributed by atoms with Crippen molar-refractivity contribution in [1.29, 1.82) is 0 Å². The number of nitrogens with one attached hydrogen (secondary N) is 1. The molecular formula is C17H30IN3O2. The molecule has 0 saturated carbocycles. The molecule has 0 aliphatic heterocycles. The third kappa shape index (κ3) is 9.00. The van der Waals surface area contributed by atoms with E-state index in [9.17, 15) is 0 Å². The van der Waals surface area contributed by atoms with Crippen molar-refractivity contribution in [2.45, 2.75) is 26.8 Å². The molecule has 1 N–H and O–H groups in total. The molecule has 0 amide bonds. The molecule has 5 nitrogen and oxygen atoms in total. The molecule has 0 atom stereocenters. The molecule has 0 aliphatic carbocycles. The highest BCUT2D eigenvalue weighted by Gasteiger charge is 2.06. The highest BCUT2D eigenvalue weighted by molar-refractivity contribution is 14.0. The summed E-state index contributed by atoms with van der Waals surface area (Å²) in [5.74, 6) is 1.83. The first-order chi connectivity index (χ1) is 10.7. The Morgan fingerprint density at radius 2 is 1.91 bits per heavy atom. The van der Waals surface area contributed by atoms with Crippen LogP contribution in [0.2, 0.25) is 0 Å². The lowest BCUT2D eigenvalue weighted by Crippen LogP contribution is -2.38. The van der Waals surface area contributed by atoms with Crippen LogP contribution >= 0.6 is 24.0 Å². The zero-order valence-electron chi connectivity index (χ0n) is 14.7. The Bertz CT molecular complexity index is 438. The van der Waals surface area contributed by atoms with Crippen molar-refractivity contribution in [2.24, 2.45) is 4.99 Å². The molecule has 0 bridgehead atoms. The molecule has 132 valence electrons. The fourth-order valence-electron chi connectivity index (χ4n) is 2.07. The summed E-state index contributed by atoms with van der Waals surface area (Å²) in [5.41, 5.74) is 1.23. The van der Waals surface area contributed by atoms with Gasteiger partial charge in [-0.25, -0.2) is 0 Å². The van der Waals surface area contributed by atoms with E-state index < -0.39 is 0 Å². The number of halogens is 1. The van der Waals surface area contributed by atoms with Gasteiger partial charge in [0.05, 0.1) is 6.61 Å². The summed E-state index contributed by atoms with van der Waals surface area (Å²) in [6, 6.07) is 8.20. The highest BCUT2D eigenvalue weighted by atomic mass is 127. The van der Waals surface area contributed by atoms with Gasteiger partial charge in [-0.15, -0.1) is 24.0 Å². The molecular weight excluding hydrogens is 405 g/mol. The number of aliphatic imine (C=N–C) groups is 1. The van der Waals surface area contributed by atoms with Crippen LogP contribution in [0.1, 0.15) is 25.8 Å². The van der Waals surface area contributed by atoms with Gasteiger partial charge in [0.2, 0.25) is 0 Å². The SMILES string of the molecule is CCNC(=NCCCOC)N(C)Cc1ccc(OCC)cc1.I. The second-order valence-electron chi connectivity index (χ2n) is 5.02. The fourth-order valence-corrected chi connectivity index (χ4v) is 2.07. The van der Waals surface area contributed by atoms with Gasteiger partial charge in [0.1, 0.15) is 5.75 Å². The van der Waals surface area contributed by atoms with Gasteiger partial charge in [-0.3, -0.25) is 4.99 Å². The summed E-state index contributed by atoms with van der Waals surface area (Å²) in [4.78, 5) is 6.75. The van der Waals surface area contributed by atoms with Crippen LogP contribution in [0.15, 0.2) is 29.3 Å². The Morgan fingerprint density at radius 1 is 1.22 bits per heavy atom. The first-order valence-corrected chi connectivity index (χ1v) is 7.91. The topological polar surface area (TPSA) is 46.1 Å². The zero-order valence-corrected chi connectivity index (χ0v) is 17.0. The number of benzene rings is 1. The molecule has 1 aromatic carbocycles. The largest absolute Gasteiger partial charge is 0.494 e. The van der Waals surface area contributed by atoms with Gasteiger partial charge in [-0.1, -0.05) is 12.1 Å². The molecule has 0 unspecified atom stereocenters. The van der Waals surface area contributed by atoms with Gasteiger partial charge in [0.15, 0.2) is 5.96 Å². The Kier molecular flexibility index (Phi) is 12.8. The van der Waals surface area contributed by atoms with Crippen LogP contribution in [0.25, 0.3) is 0 Å². The lowest BCUT2D eigenvalue weighted by Gasteiger charge is -2.22. The molecule has 0 heterocycles. The van der Waals surface area contributed by atoms with Crippen molar-refractivity contribution >= 4 is 29.9 Å². The zero-order chi connectivity index (χ0) is 16.2. The maximum absolute atomic E-state index is 5.47. The summed E-state index contributed by atoms with van der Waals surface area (Å²) in [7, 11) is 3.77. The average Bonchev–Trinajstić information content (AvgIpc) is 2.52. The summed E-state index contributed by atoms with van der Waals surface area (Å²) in [6.45, 7) is 7.94. The van der Waals surface area contributed by atoms with Gasteiger partial charge >= 0.3 is 0 Å². The number of methoxy groups -OCH3 is 1. The van der Waals surface area contributed by atoms with E-state index in [4.69, 9.17) is 9.47 Å². The second kappa shape index (κ2) is 13.4. The number of ether oxygens (including phenoxy) is 2. The lowest BCUT2D eigenvalue weighted by atomic mass is 10.2. The maximum Gasteiger partial charge on any atom is 0.193 e. The molecule has 0 spiro atoms. The third-order valence-corrected chi connectivity index (χ3v) is 3.12. The van der Waals surface area contributed by atoms with Crippen molar-refractivity contribution in [3.63, 3.8) is 0 Å². The summed E-state index contributed by atoms with van der Waals surface area (Å²) < 4.78 is 10.5. The highest BCUT2D eigenvalue weighted by Crippen LogP contribution is 2.13. The normalized spacial score (nSPS) is 10.9. The Morgan fingerprint density at radius 3 is 2.48 bits per heavy atom. The van der Waals surface area contributed by atoms with Gasteiger partial charge in [0, 0.05) is 40.4 Å². The number of hydrogen-bond acceptors (Lipinski definition) is 3. The van der Waals surface area contributed by atoms with Crippen LogP contribution in [0.3, 0.4) is 0 Å². The molecule has 1 aromatic rings. The second-order valence-corrected chi connectivity index (χ2v) is 5.02. The van der Waals surface area contributed by atoms with Crippen LogP contribution in [0.5, 0.6) is 5.75 Å². The van der Waals surface area contributed by atoms with Gasteiger partial charge in [-0.05, 0) is 38.0 Å². The van der Waals surface area contributed by atoms with Crippen molar-refractivity contribution in [3.05, 3.63) is 29.8 Å².